The number of ether oxygens (including phenoxy) is 11. The maximum absolute atomic E-state index is 13.3. The first-order valence-electron chi connectivity index (χ1n) is 24.5. The predicted octanol–water partition coefficient (Wildman–Crippen LogP) is -2.61. The van der Waals surface area contributed by atoms with Gasteiger partial charge in [-0.25, -0.2) is 0 Å². The van der Waals surface area contributed by atoms with Crippen molar-refractivity contribution in [2.75, 3.05) is 19.8 Å². The summed E-state index contributed by atoms with van der Waals surface area (Å²) in [6, 6.07) is 0. The van der Waals surface area contributed by atoms with Crippen LogP contribution in [0.4, 0.5) is 0 Å². The summed E-state index contributed by atoms with van der Waals surface area (Å²) in [5.41, 5.74) is 0. The maximum atomic E-state index is 13.3. The van der Waals surface area contributed by atoms with Crippen molar-refractivity contribution in [2.45, 2.75) is 234 Å². The number of esters is 2. The summed E-state index contributed by atoms with van der Waals surface area (Å²) in [5.74, 6) is -3.46. The molecule has 4 fully saturated rings. The molecule has 4 saturated heterocycles. The molecule has 0 aliphatic carbocycles. The molecule has 0 amide bonds. The van der Waals surface area contributed by atoms with Crippen LogP contribution < -0.4 is 0 Å². The van der Waals surface area contributed by atoms with Crippen LogP contribution in [0.15, 0.2) is 11.7 Å². The third-order valence-electron chi connectivity index (χ3n) is 14.0. The van der Waals surface area contributed by atoms with E-state index in [2.05, 4.69) is 0 Å². The SMILES string of the molecule is CC[C@H](C)[C@H](C[C@H](O)CC(=O)O[C@@H]1C[C@@H](O[C@@H]2O[C@@H](C)[C@H](OC3=C(O)[C@@H](O)[C@H](O)CO3)[C@@H](O)[C@H]2O)CO[C@@H]1C)OC(=O)C[C@@H](O)C[C@H](O[C@@H]1O[C@@H](CO)[C@H](O)[C@H]1O[C@@H]1O[C@@H](C)[C@H](O)[C@@H](O)[C@H]1O)[C@@H](C)CC. The second-order valence-corrected chi connectivity index (χ2v) is 19.5. The molecule has 71 heavy (non-hydrogen) atoms. The molecular weight excluding hydrogens is 952 g/mol. The smallest absolute Gasteiger partial charge is 0.322 e. The number of hydrogen-bond donors (Lipinski definition) is 12. The molecule has 0 saturated carbocycles. The minimum atomic E-state index is -1.71. The van der Waals surface area contributed by atoms with E-state index in [1.165, 1.54) is 13.8 Å². The number of rotatable bonds is 23. The standard InChI is InChI=1S/C46H78O25/c1-8-18(3)27(66-31(51)12-24(49)11-28(19(4)9-2)68-46-42(35(55)30(15-47)69-46)71-45-39(59)36(56)33(53)21(6)63-45)10-23(48)13-32(52)67-29-14-25(16-61-20(29)5)65-44-40(60)37(57)41(22(7)64-44)70-43-38(58)34(54)26(50)17-62-43/h18-30,33-37,39-42,44-50,53-60H,8-17H2,1-7H3/t18-,19-,20+,21-,22-,23-,24-,25+,26+,27-,28-,29+,30-,33-,34-,35-,36+,37-,39+,40+,41-,42+,44-,45-,46+/m0/s1. The minimum Gasteiger partial charge on any atom is -0.504 e. The van der Waals surface area contributed by atoms with E-state index in [4.69, 9.17) is 52.1 Å². The lowest BCUT2D eigenvalue weighted by Crippen LogP contribution is -2.59. The van der Waals surface area contributed by atoms with Crippen LogP contribution in [0.1, 0.15) is 93.4 Å². The van der Waals surface area contributed by atoms with Gasteiger partial charge in [-0.1, -0.05) is 40.5 Å². The van der Waals surface area contributed by atoms with Gasteiger partial charge in [-0.3, -0.25) is 9.59 Å². The third-order valence-corrected chi connectivity index (χ3v) is 14.0. The van der Waals surface area contributed by atoms with E-state index in [0.717, 1.165) is 0 Å². The highest BCUT2D eigenvalue weighted by Gasteiger charge is 2.52. The first kappa shape index (κ1) is 59.2. The van der Waals surface area contributed by atoms with E-state index in [9.17, 15) is 70.9 Å². The van der Waals surface area contributed by atoms with Crippen LogP contribution in [-0.4, -0.2) is 234 Å². The quantitative estimate of drug-likeness (QED) is 0.0466. The monoisotopic (exact) mass is 1030 g/mol. The molecule has 5 aliphatic heterocycles. The van der Waals surface area contributed by atoms with Crippen molar-refractivity contribution in [1.29, 1.82) is 0 Å². The van der Waals surface area contributed by atoms with Gasteiger partial charge >= 0.3 is 17.9 Å². The van der Waals surface area contributed by atoms with Crippen LogP contribution in [0, 0.1) is 11.8 Å². The Morgan fingerprint density at radius 2 is 1.27 bits per heavy atom. The predicted molar refractivity (Wildman–Crippen MR) is 237 cm³/mol. The Morgan fingerprint density at radius 1 is 0.676 bits per heavy atom. The lowest BCUT2D eigenvalue weighted by Gasteiger charge is -2.43. The van der Waals surface area contributed by atoms with Crippen molar-refractivity contribution < 1.29 is 123 Å². The van der Waals surface area contributed by atoms with Gasteiger partial charge < -0.3 is 113 Å². The molecule has 12 N–H and O–H groups in total. The molecule has 0 bridgehead atoms. The number of hydrogen-bond acceptors (Lipinski definition) is 25. The van der Waals surface area contributed by atoms with E-state index in [1.54, 1.807) is 13.8 Å². The molecule has 0 radical (unpaired) electrons. The second-order valence-electron chi connectivity index (χ2n) is 19.5. The molecule has 25 heteroatoms. The van der Waals surface area contributed by atoms with Gasteiger partial charge in [0.25, 0.3) is 0 Å². The van der Waals surface area contributed by atoms with Crippen molar-refractivity contribution in [3.8, 4) is 0 Å². The first-order chi connectivity index (χ1) is 33.5. The molecule has 412 valence electrons. The van der Waals surface area contributed by atoms with E-state index < -0.39 is 191 Å². The zero-order valence-electron chi connectivity index (χ0n) is 41.2. The molecule has 0 aromatic heterocycles. The molecule has 5 aliphatic rings. The van der Waals surface area contributed by atoms with Gasteiger partial charge in [0.2, 0.25) is 5.76 Å². The highest BCUT2D eigenvalue weighted by atomic mass is 16.8. The number of carbonyl (C=O) groups is 2. The van der Waals surface area contributed by atoms with Gasteiger partial charge in [-0.15, -0.1) is 0 Å². The molecule has 0 aromatic carbocycles. The van der Waals surface area contributed by atoms with E-state index in [1.807, 2.05) is 20.8 Å². The van der Waals surface area contributed by atoms with Crippen LogP contribution in [-0.2, 0) is 61.7 Å². The fourth-order valence-electron chi connectivity index (χ4n) is 8.87. The Hall–Kier alpha value is -2.64. The fourth-order valence-corrected chi connectivity index (χ4v) is 8.87. The molecule has 0 unspecified atom stereocenters. The van der Waals surface area contributed by atoms with Gasteiger partial charge in [0, 0.05) is 19.3 Å². The van der Waals surface area contributed by atoms with Crippen LogP contribution in [0.3, 0.4) is 0 Å². The number of aliphatic hydroxyl groups is 12. The van der Waals surface area contributed by atoms with Crippen molar-refractivity contribution in [3.05, 3.63) is 11.7 Å². The Balaban J connectivity index is 1.10. The molecule has 0 aromatic rings. The fraction of sp³-hybridized carbons (Fsp3) is 0.913. The number of carbonyl (C=O) groups excluding carboxylic acids is 2. The normalized spacial score (nSPS) is 40.5. The van der Waals surface area contributed by atoms with Crippen molar-refractivity contribution in [3.63, 3.8) is 0 Å². The summed E-state index contributed by atoms with van der Waals surface area (Å²) in [6.45, 7) is 11.0. The summed E-state index contributed by atoms with van der Waals surface area (Å²) >= 11 is 0. The summed E-state index contributed by atoms with van der Waals surface area (Å²) in [5, 5.41) is 126. The minimum absolute atomic E-state index is 0.00600. The Labute approximate surface area is 412 Å². The van der Waals surface area contributed by atoms with Crippen LogP contribution in [0.25, 0.3) is 0 Å². The zero-order valence-corrected chi connectivity index (χ0v) is 41.2. The van der Waals surface area contributed by atoms with E-state index in [0.29, 0.717) is 12.8 Å². The molecule has 25 atom stereocenters. The van der Waals surface area contributed by atoms with Crippen molar-refractivity contribution >= 4 is 11.9 Å². The summed E-state index contributed by atoms with van der Waals surface area (Å²) in [6.07, 6.45) is -29.3. The average molecular weight is 1030 g/mol. The van der Waals surface area contributed by atoms with Crippen LogP contribution in [0.2, 0.25) is 0 Å². The molecule has 5 rings (SSSR count). The summed E-state index contributed by atoms with van der Waals surface area (Å²) in [4.78, 5) is 26.5. The van der Waals surface area contributed by atoms with Gasteiger partial charge in [0.15, 0.2) is 25.0 Å². The van der Waals surface area contributed by atoms with Gasteiger partial charge in [-0.2, -0.15) is 0 Å². The maximum Gasteiger partial charge on any atom is 0.322 e. The van der Waals surface area contributed by atoms with Gasteiger partial charge in [0.05, 0.1) is 68.8 Å². The van der Waals surface area contributed by atoms with E-state index >= 15 is 0 Å². The molecular formula is C46H78O25. The zero-order chi connectivity index (χ0) is 52.6. The topological polar surface area (TPSA) is 378 Å². The van der Waals surface area contributed by atoms with Crippen molar-refractivity contribution in [1.82, 2.24) is 0 Å². The largest absolute Gasteiger partial charge is 0.504 e. The summed E-state index contributed by atoms with van der Waals surface area (Å²) < 4.78 is 63.0. The lowest BCUT2D eigenvalue weighted by molar-refractivity contribution is -0.324. The average Bonchev–Trinajstić information content (AvgIpc) is 3.62. The molecule has 0 spiro atoms. The van der Waals surface area contributed by atoms with Crippen LogP contribution >= 0.6 is 0 Å². The Kier molecular flexibility index (Phi) is 22.3. The van der Waals surface area contributed by atoms with Crippen molar-refractivity contribution in [2.24, 2.45) is 11.8 Å². The van der Waals surface area contributed by atoms with Gasteiger partial charge in [-0.05, 0) is 32.6 Å². The van der Waals surface area contributed by atoms with E-state index in [-0.39, 0.29) is 37.7 Å². The lowest BCUT2D eigenvalue weighted by atomic mass is 9.94. The highest BCUT2D eigenvalue weighted by molar-refractivity contribution is 5.71. The second kappa shape index (κ2) is 26.7. The first-order valence-corrected chi connectivity index (χ1v) is 24.5. The third kappa shape index (κ3) is 15.3. The Bertz CT molecular complexity index is 1690. The van der Waals surface area contributed by atoms with Gasteiger partial charge in [0.1, 0.15) is 79.9 Å². The summed E-state index contributed by atoms with van der Waals surface area (Å²) in [7, 11) is 0. The number of aliphatic hydroxyl groups excluding tert-OH is 12. The highest BCUT2D eigenvalue weighted by Crippen LogP contribution is 2.34. The van der Waals surface area contributed by atoms with Crippen LogP contribution in [0.5, 0.6) is 0 Å². The Morgan fingerprint density at radius 3 is 1.92 bits per heavy atom. The molecule has 5 heterocycles. The molecule has 25 nitrogen and oxygen atoms in total.